The summed E-state index contributed by atoms with van der Waals surface area (Å²) in [6.07, 6.45) is 4.12. The molecule has 0 amide bonds. The minimum Gasteiger partial charge on any atom is -0.503 e. The zero-order valence-corrected chi connectivity index (χ0v) is 48.9. The van der Waals surface area contributed by atoms with Crippen LogP contribution < -0.4 is 0 Å². The van der Waals surface area contributed by atoms with Crippen LogP contribution >= 0.6 is 0 Å². The van der Waals surface area contributed by atoms with Gasteiger partial charge < -0.3 is 13.6 Å². The topological polar surface area (TPSA) is 48.8 Å². The van der Waals surface area contributed by atoms with Crippen molar-refractivity contribution in [3.05, 3.63) is 266 Å². The SMILES string of the molecule is CC(C)(C)c1ccnc(-n2c3[c-]c4ccc3c3cc(ccc32)c2ccccc2c2ccccc2c2ccccc2c2cccc(c2)c2ccccc2c2cn(-c3ccc(C(C)(C)C)cc3-c3ccccc3)c(n2)c2[c-]c(ccc2)o4)c1.[Pt+2]. The molecule has 398 valence electrons. The molecule has 10 aromatic carbocycles. The van der Waals surface area contributed by atoms with Crippen LogP contribution in [0.5, 0.6) is 0 Å². The molecule has 0 saturated carbocycles. The van der Waals surface area contributed by atoms with Crippen LogP contribution in [0.4, 0.5) is 0 Å². The number of nitrogens with zero attached hydrogens (tertiary/aromatic N) is 4. The van der Waals surface area contributed by atoms with E-state index >= 15 is 0 Å². The Kier molecular flexibility index (Phi) is 13.2. The van der Waals surface area contributed by atoms with E-state index in [-0.39, 0.29) is 31.9 Å². The molecule has 5 nitrogen and oxygen atoms in total. The molecule has 5 heterocycles. The summed E-state index contributed by atoms with van der Waals surface area (Å²) in [6, 6.07) is 90.5. The van der Waals surface area contributed by atoms with E-state index in [1.165, 1.54) is 11.1 Å². The van der Waals surface area contributed by atoms with Gasteiger partial charge in [0.2, 0.25) is 0 Å². The number of hydrogen-bond acceptors (Lipinski definition) is 3. The number of benzene rings is 10. The predicted octanol–water partition coefficient (Wildman–Crippen LogP) is 20.4. The molecule has 0 saturated heterocycles. The number of pyridine rings is 1. The average Bonchev–Trinajstić information content (AvgIpc) is 4.26. The van der Waals surface area contributed by atoms with E-state index < -0.39 is 0 Å². The third-order valence-electron chi connectivity index (χ3n) is 16.0. The Labute approximate surface area is 491 Å². The van der Waals surface area contributed by atoms with Gasteiger partial charge in [-0.15, -0.1) is 41.1 Å². The monoisotopic (exact) mass is 1240 g/mol. The third-order valence-corrected chi connectivity index (χ3v) is 16.0. The van der Waals surface area contributed by atoms with Gasteiger partial charge >= 0.3 is 21.1 Å². The Morgan fingerprint density at radius 1 is 0.427 bits per heavy atom. The van der Waals surface area contributed by atoms with Gasteiger partial charge in [-0.05, 0) is 123 Å². The minimum absolute atomic E-state index is 0. The van der Waals surface area contributed by atoms with Crippen molar-refractivity contribution in [2.24, 2.45) is 0 Å². The molecule has 0 aliphatic carbocycles. The van der Waals surface area contributed by atoms with Gasteiger partial charge in [-0.3, -0.25) is 4.98 Å². The van der Waals surface area contributed by atoms with Crippen LogP contribution in [-0.4, -0.2) is 19.1 Å². The largest absolute Gasteiger partial charge is 2.00 e. The van der Waals surface area contributed by atoms with E-state index in [4.69, 9.17) is 14.4 Å². The van der Waals surface area contributed by atoms with E-state index in [9.17, 15) is 0 Å². The molecule has 11 bridgehead atoms. The molecule has 0 radical (unpaired) electrons. The molecule has 0 aliphatic heterocycles. The average molecular weight is 1240 g/mol. The summed E-state index contributed by atoms with van der Waals surface area (Å²) in [6.45, 7) is 13.5. The van der Waals surface area contributed by atoms with Gasteiger partial charge in [0.1, 0.15) is 5.82 Å². The Bertz CT molecular complexity index is 5090. The molecule has 82 heavy (non-hydrogen) atoms. The van der Waals surface area contributed by atoms with Crippen LogP contribution in [0.15, 0.2) is 247 Å². The fourth-order valence-corrected chi connectivity index (χ4v) is 11.8. The maximum atomic E-state index is 6.90. The first-order valence-electron chi connectivity index (χ1n) is 27.9. The fourth-order valence-electron chi connectivity index (χ4n) is 11.8. The van der Waals surface area contributed by atoms with Crippen LogP contribution in [0.2, 0.25) is 0 Å². The molecule has 15 aromatic rings. The summed E-state index contributed by atoms with van der Waals surface area (Å²) < 4.78 is 11.4. The minimum atomic E-state index is -0.0954. The molecule has 6 heteroatoms. The molecular formula is C76H58N4OPt. The van der Waals surface area contributed by atoms with Gasteiger partial charge in [-0.25, -0.2) is 4.98 Å². The molecule has 0 fully saturated rings. The molecule has 0 aliphatic rings. The summed E-state index contributed by atoms with van der Waals surface area (Å²) >= 11 is 0. The second kappa shape index (κ2) is 20.7. The van der Waals surface area contributed by atoms with E-state index in [0.717, 1.165) is 120 Å². The summed E-state index contributed by atoms with van der Waals surface area (Å²) in [5.41, 5.74) is 10.1. The zero-order chi connectivity index (χ0) is 55.0. The number of rotatable bonds is 3. The number of fused-ring (bicyclic) bond motifs is 1. The van der Waals surface area contributed by atoms with Gasteiger partial charge in [0.25, 0.3) is 0 Å². The number of hydrogen-bond donors (Lipinski definition) is 0. The van der Waals surface area contributed by atoms with Crippen LogP contribution in [0, 0.1) is 12.1 Å². The molecule has 15 rings (SSSR count). The van der Waals surface area contributed by atoms with Gasteiger partial charge in [0, 0.05) is 45.7 Å². The normalized spacial score (nSPS) is 11.9. The van der Waals surface area contributed by atoms with Crippen LogP contribution in [-0.2, 0) is 31.9 Å². The van der Waals surface area contributed by atoms with E-state index in [1.807, 2.05) is 24.4 Å². The van der Waals surface area contributed by atoms with Crippen molar-refractivity contribution in [1.29, 1.82) is 0 Å². The van der Waals surface area contributed by atoms with Crippen LogP contribution in [0.3, 0.4) is 0 Å². The van der Waals surface area contributed by atoms with E-state index in [1.54, 1.807) is 0 Å². The van der Waals surface area contributed by atoms with Crippen molar-refractivity contribution in [1.82, 2.24) is 19.1 Å². The van der Waals surface area contributed by atoms with Gasteiger partial charge in [-0.1, -0.05) is 217 Å². The second-order valence-electron chi connectivity index (χ2n) is 23.3. The first-order valence-corrected chi connectivity index (χ1v) is 27.9. The summed E-state index contributed by atoms with van der Waals surface area (Å²) in [4.78, 5) is 10.7. The van der Waals surface area contributed by atoms with Crippen LogP contribution in [0.1, 0.15) is 52.7 Å². The van der Waals surface area contributed by atoms with E-state index in [2.05, 4.69) is 281 Å². The number of imidazole rings is 1. The Hall–Kier alpha value is -9.15. The van der Waals surface area contributed by atoms with Crippen molar-refractivity contribution in [3.63, 3.8) is 0 Å². The molecular weight excluding hydrogens is 1180 g/mol. The zero-order valence-electron chi connectivity index (χ0n) is 46.6. The number of aromatic nitrogens is 4. The van der Waals surface area contributed by atoms with Gasteiger partial charge in [0.05, 0.1) is 11.2 Å². The van der Waals surface area contributed by atoms with Crippen molar-refractivity contribution in [2.75, 3.05) is 0 Å². The van der Waals surface area contributed by atoms with Crippen LogP contribution in [0.25, 0.3) is 131 Å². The predicted molar refractivity (Wildman–Crippen MR) is 341 cm³/mol. The summed E-state index contributed by atoms with van der Waals surface area (Å²) in [5.74, 6) is 0.818. The Morgan fingerprint density at radius 2 is 0.988 bits per heavy atom. The summed E-state index contributed by atoms with van der Waals surface area (Å²) in [5, 5.41) is 15.3. The fraction of sp³-hybridized carbons (Fsp3) is 0.105. The standard InChI is InChI=1S/C76H58N4O.Pt/c1-75(2,3)54-35-39-70(67(45-54)49-20-8-7-9-21-49)79-48-69-65-33-17-12-28-60(65)51-23-18-22-50(42-51)58-26-10-13-29-61(58)63-31-15-16-32-64(63)62-30-14-11-27-59(62)52-34-38-71-68(44-52)66-37-36-57(81-56-25-19-24-53(43-56)74(79)78-69)47-72(66)80(71)73-46-55(40-41-77-73)76(4,5)6;/h7-42,44-46,48H,1-6H3;/q-2;+2. The molecule has 5 aromatic heterocycles. The summed E-state index contributed by atoms with van der Waals surface area (Å²) in [7, 11) is 0. The van der Waals surface area contributed by atoms with Crippen molar-refractivity contribution < 1.29 is 25.5 Å². The van der Waals surface area contributed by atoms with Crippen molar-refractivity contribution in [3.8, 4) is 22.6 Å². The van der Waals surface area contributed by atoms with Crippen molar-refractivity contribution in [2.45, 2.75) is 52.4 Å². The van der Waals surface area contributed by atoms with Gasteiger partial charge in [-0.2, -0.15) is 6.07 Å². The molecule has 0 unspecified atom stereocenters. The Balaban J connectivity index is 0.00000631. The second-order valence-corrected chi connectivity index (χ2v) is 23.3. The molecule has 0 N–H and O–H groups in total. The quantitative estimate of drug-likeness (QED) is 0.166. The Morgan fingerprint density at radius 3 is 1.65 bits per heavy atom. The molecule has 0 spiro atoms. The first kappa shape index (κ1) is 52.2. The van der Waals surface area contributed by atoms with E-state index in [0.29, 0.717) is 11.2 Å². The van der Waals surface area contributed by atoms with Gasteiger partial charge in [0.15, 0.2) is 0 Å². The maximum Gasteiger partial charge on any atom is 2.00 e. The third kappa shape index (κ3) is 9.39. The first-order chi connectivity index (χ1) is 39.4. The molecule has 0 atom stereocenters. The van der Waals surface area contributed by atoms with Crippen molar-refractivity contribution >= 4 is 109 Å². The maximum absolute atomic E-state index is 6.90. The smallest absolute Gasteiger partial charge is 0.503 e.